The summed E-state index contributed by atoms with van der Waals surface area (Å²) < 4.78 is 31.7. The van der Waals surface area contributed by atoms with E-state index in [1.807, 2.05) is 0 Å². The number of rotatable bonds is 5. The summed E-state index contributed by atoms with van der Waals surface area (Å²) in [4.78, 5) is 19.1. The van der Waals surface area contributed by atoms with E-state index in [-0.39, 0.29) is 11.6 Å². The van der Waals surface area contributed by atoms with Crippen LogP contribution < -0.4 is 4.72 Å². The van der Waals surface area contributed by atoms with Crippen LogP contribution in [0.4, 0.5) is 0 Å². The second-order valence-corrected chi connectivity index (χ2v) is 6.80. The molecular formula is C13H12BrN3O4S. The second kappa shape index (κ2) is 6.95. The fraction of sp³-hybridized carbons (Fsp3) is 0.154. The molecule has 0 aliphatic heterocycles. The number of hydrogen-bond donors (Lipinski definition) is 1. The number of pyridine rings is 2. The van der Waals surface area contributed by atoms with E-state index in [1.165, 1.54) is 31.6 Å². The van der Waals surface area contributed by atoms with Gasteiger partial charge in [0.05, 0.1) is 24.9 Å². The number of nitrogens with zero attached hydrogens (tertiary/aromatic N) is 2. The molecule has 0 aromatic carbocycles. The molecule has 0 saturated heterocycles. The molecule has 2 aromatic rings. The molecule has 116 valence electrons. The Bertz CT molecular complexity index is 761. The van der Waals surface area contributed by atoms with Gasteiger partial charge in [-0.2, -0.15) is 0 Å². The number of aromatic nitrogens is 2. The van der Waals surface area contributed by atoms with Crippen molar-refractivity contribution in [3.63, 3.8) is 0 Å². The van der Waals surface area contributed by atoms with Gasteiger partial charge in [-0.05, 0) is 40.2 Å². The van der Waals surface area contributed by atoms with E-state index in [9.17, 15) is 13.2 Å². The SMILES string of the molecule is COC(=O)c1ccc(CNS(=O)(=O)c2ccc(Br)cn2)nc1. The van der Waals surface area contributed by atoms with Gasteiger partial charge in [0.15, 0.2) is 5.03 Å². The summed E-state index contributed by atoms with van der Waals surface area (Å²) in [7, 11) is -2.45. The van der Waals surface area contributed by atoms with Crippen LogP contribution in [-0.4, -0.2) is 31.5 Å². The molecule has 0 atom stereocenters. The Morgan fingerprint density at radius 1 is 1.23 bits per heavy atom. The molecule has 22 heavy (non-hydrogen) atoms. The zero-order valence-corrected chi connectivity index (χ0v) is 13.9. The van der Waals surface area contributed by atoms with E-state index in [4.69, 9.17) is 0 Å². The molecule has 0 amide bonds. The number of carbonyl (C=O) groups is 1. The van der Waals surface area contributed by atoms with Crippen LogP contribution in [0.1, 0.15) is 16.1 Å². The predicted octanol–water partition coefficient (Wildman–Crippen LogP) is 1.50. The van der Waals surface area contributed by atoms with Gasteiger partial charge in [0, 0.05) is 16.9 Å². The van der Waals surface area contributed by atoms with Gasteiger partial charge < -0.3 is 4.74 Å². The van der Waals surface area contributed by atoms with Crippen LogP contribution in [-0.2, 0) is 21.3 Å². The number of halogens is 1. The van der Waals surface area contributed by atoms with Crippen LogP contribution in [0.15, 0.2) is 46.2 Å². The van der Waals surface area contributed by atoms with Gasteiger partial charge in [-0.1, -0.05) is 0 Å². The Morgan fingerprint density at radius 2 is 2.00 bits per heavy atom. The number of nitrogens with one attached hydrogen (secondary N) is 1. The molecule has 7 nitrogen and oxygen atoms in total. The van der Waals surface area contributed by atoms with Gasteiger partial charge in [-0.25, -0.2) is 22.9 Å². The number of sulfonamides is 1. The van der Waals surface area contributed by atoms with Gasteiger partial charge in [0.1, 0.15) is 0 Å². The molecule has 0 saturated carbocycles. The molecule has 2 rings (SSSR count). The van der Waals surface area contributed by atoms with E-state index in [0.717, 1.165) is 0 Å². The molecule has 0 aliphatic carbocycles. The van der Waals surface area contributed by atoms with Crippen molar-refractivity contribution in [1.82, 2.24) is 14.7 Å². The number of ether oxygens (including phenoxy) is 1. The predicted molar refractivity (Wildman–Crippen MR) is 81.5 cm³/mol. The van der Waals surface area contributed by atoms with Crippen molar-refractivity contribution in [1.29, 1.82) is 0 Å². The third-order valence-corrected chi connectivity index (χ3v) is 4.45. The average molecular weight is 386 g/mol. The minimum atomic E-state index is -3.72. The summed E-state index contributed by atoms with van der Waals surface area (Å²) in [6.45, 7) is -0.0124. The Labute approximate surface area is 135 Å². The molecule has 1 N–H and O–H groups in total. The second-order valence-electron chi connectivity index (χ2n) is 4.17. The summed E-state index contributed by atoms with van der Waals surface area (Å²) >= 11 is 3.19. The van der Waals surface area contributed by atoms with Crippen LogP contribution >= 0.6 is 15.9 Å². The molecule has 0 radical (unpaired) electrons. The molecule has 0 aliphatic rings. The molecule has 0 bridgehead atoms. The first-order valence-corrected chi connectivity index (χ1v) is 8.34. The lowest BCUT2D eigenvalue weighted by atomic mass is 10.2. The third-order valence-electron chi connectivity index (χ3n) is 2.66. The Morgan fingerprint density at radius 3 is 2.55 bits per heavy atom. The van der Waals surface area contributed by atoms with E-state index in [2.05, 4.69) is 35.4 Å². The topological polar surface area (TPSA) is 98.2 Å². The summed E-state index contributed by atoms with van der Waals surface area (Å²) in [5, 5.41) is -0.0816. The minimum Gasteiger partial charge on any atom is -0.465 e. The lowest BCUT2D eigenvalue weighted by Crippen LogP contribution is -2.24. The fourth-order valence-corrected chi connectivity index (χ4v) is 2.69. The summed E-state index contributed by atoms with van der Waals surface area (Å²) in [5.41, 5.74) is 0.761. The van der Waals surface area contributed by atoms with Gasteiger partial charge >= 0.3 is 5.97 Å². The maximum Gasteiger partial charge on any atom is 0.339 e. The Balaban J connectivity index is 2.05. The fourth-order valence-electron chi connectivity index (χ4n) is 1.53. The molecule has 2 heterocycles. The van der Waals surface area contributed by atoms with Gasteiger partial charge in [0.2, 0.25) is 0 Å². The van der Waals surface area contributed by atoms with E-state index in [1.54, 1.807) is 12.1 Å². The smallest absolute Gasteiger partial charge is 0.339 e. The van der Waals surface area contributed by atoms with E-state index < -0.39 is 16.0 Å². The largest absolute Gasteiger partial charge is 0.465 e. The molecule has 0 unspecified atom stereocenters. The third kappa shape index (κ3) is 4.09. The maximum atomic E-state index is 12.0. The van der Waals surface area contributed by atoms with Crippen LogP contribution in [0.2, 0.25) is 0 Å². The highest BCUT2D eigenvalue weighted by atomic mass is 79.9. The average Bonchev–Trinajstić information content (AvgIpc) is 2.53. The van der Waals surface area contributed by atoms with Gasteiger partial charge in [-0.15, -0.1) is 0 Å². The van der Waals surface area contributed by atoms with Crippen LogP contribution in [0, 0.1) is 0 Å². The van der Waals surface area contributed by atoms with Crippen molar-refractivity contribution >= 4 is 31.9 Å². The molecule has 2 aromatic heterocycles. The first-order chi connectivity index (χ1) is 10.4. The van der Waals surface area contributed by atoms with Crippen molar-refractivity contribution < 1.29 is 17.9 Å². The normalized spacial score (nSPS) is 11.2. The molecule has 0 fully saturated rings. The standard InChI is InChI=1S/C13H12BrN3O4S/c1-21-13(18)9-2-4-11(15-6-9)8-17-22(19,20)12-5-3-10(14)7-16-12/h2-7,17H,8H2,1H3. The lowest BCUT2D eigenvalue weighted by molar-refractivity contribution is 0.0600. The molecular weight excluding hydrogens is 374 g/mol. The van der Waals surface area contributed by atoms with Crippen molar-refractivity contribution in [3.05, 3.63) is 52.4 Å². The summed E-state index contributed by atoms with van der Waals surface area (Å²) in [6, 6.07) is 6.04. The zero-order valence-electron chi connectivity index (χ0n) is 11.5. The first kappa shape index (κ1) is 16.5. The number of methoxy groups -OCH3 is 1. The Hall–Kier alpha value is -1.84. The van der Waals surface area contributed by atoms with Gasteiger partial charge in [0.25, 0.3) is 10.0 Å². The van der Waals surface area contributed by atoms with E-state index in [0.29, 0.717) is 15.7 Å². The highest BCUT2D eigenvalue weighted by Gasteiger charge is 2.15. The van der Waals surface area contributed by atoms with Gasteiger partial charge in [-0.3, -0.25) is 4.98 Å². The number of carbonyl (C=O) groups excluding carboxylic acids is 1. The van der Waals surface area contributed by atoms with Crippen LogP contribution in [0.3, 0.4) is 0 Å². The minimum absolute atomic E-state index is 0.0124. The van der Waals surface area contributed by atoms with E-state index >= 15 is 0 Å². The highest BCUT2D eigenvalue weighted by molar-refractivity contribution is 9.10. The monoisotopic (exact) mass is 385 g/mol. The quantitative estimate of drug-likeness (QED) is 0.783. The Kier molecular flexibility index (Phi) is 5.22. The number of esters is 1. The lowest BCUT2D eigenvalue weighted by Gasteiger charge is -2.06. The maximum absolute atomic E-state index is 12.0. The van der Waals surface area contributed by atoms with Crippen molar-refractivity contribution in [2.45, 2.75) is 11.6 Å². The van der Waals surface area contributed by atoms with Crippen molar-refractivity contribution in [2.75, 3.05) is 7.11 Å². The first-order valence-electron chi connectivity index (χ1n) is 6.07. The zero-order chi connectivity index (χ0) is 16.2. The van der Waals surface area contributed by atoms with Crippen LogP contribution in [0.25, 0.3) is 0 Å². The van der Waals surface area contributed by atoms with Crippen molar-refractivity contribution in [3.8, 4) is 0 Å². The summed E-state index contributed by atoms with van der Waals surface area (Å²) in [6.07, 6.45) is 2.73. The highest BCUT2D eigenvalue weighted by Crippen LogP contribution is 2.11. The number of hydrogen-bond acceptors (Lipinski definition) is 6. The molecule has 9 heteroatoms. The van der Waals surface area contributed by atoms with Crippen LogP contribution in [0.5, 0.6) is 0 Å². The summed E-state index contributed by atoms with van der Waals surface area (Å²) in [5.74, 6) is -0.501. The van der Waals surface area contributed by atoms with Crippen molar-refractivity contribution in [2.24, 2.45) is 0 Å². The molecule has 0 spiro atoms.